The Hall–Kier alpha value is -1.66. The number of halogens is 3. The van der Waals surface area contributed by atoms with Gasteiger partial charge in [0.1, 0.15) is 6.61 Å². The number of piperidine rings is 1. The zero-order valence-corrected chi connectivity index (χ0v) is 11.0. The highest BCUT2D eigenvalue weighted by Gasteiger charge is 2.37. The Kier molecular flexibility index (Phi) is 4.57. The molecule has 0 saturated carbocycles. The van der Waals surface area contributed by atoms with Gasteiger partial charge in [-0.15, -0.1) is 0 Å². The van der Waals surface area contributed by atoms with Gasteiger partial charge in [0.05, 0.1) is 0 Å². The number of benzene rings is 1. The summed E-state index contributed by atoms with van der Waals surface area (Å²) in [5, 5.41) is 0. The second-order valence-electron chi connectivity index (χ2n) is 4.99. The summed E-state index contributed by atoms with van der Waals surface area (Å²) in [6.07, 6.45) is -0.588. The molecule has 0 atom stereocenters. The molecule has 110 valence electrons. The van der Waals surface area contributed by atoms with Crippen LogP contribution in [0.5, 0.6) is 0 Å². The van der Waals surface area contributed by atoms with Gasteiger partial charge in [-0.3, -0.25) is 0 Å². The lowest BCUT2D eigenvalue weighted by Crippen LogP contribution is -2.41. The van der Waals surface area contributed by atoms with Crippen molar-refractivity contribution in [2.75, 3.05) is 13.1 Å². The van der Waals surface area contributed by atoms with Crippen LogP contribution in [0.1, 0.15) is 18.4 Å². The highest BCUT2D eigenvalue weighted by atomic mass is 19.4. The standard InChI is InChI=1S/C13H16BF3NO2/c15-14(16,17)12-6-8-18(9-7-12)13(19)20-10-11-4-2-1-3-5-11/h1-5,12H,6-10H2/q-1. The van der Waals surface area contributed by atoms with Crippen molar-refractivity contribution in [2.24, 2.45) is 0 Å². The monoisotopic (exact) mass is 286 g/mol. The summed E-state index contributed by atoms with van der Waals surface area (Å²) in [6.45, 7) is -4.44. The maximum absolute atomic E-state index is 12.6. The fraction of sp³-hybridized carbons (Fsp3) is 0.462. The molecule has 1 fully saturated rings. The van der Waals surface area contributed by atoms with Crippen LogP contribution in [0.4, 0.5) is 17.7 Å². The van der Waals surface area contributed by atoms with Gasteiger partial charge < -0.3 is 22.6 Å². The van der Waals surface area contributed by atoms with Crippen molar-refractivity contribution >= 4 is 13.1 Å². The van der Waals surface area contributed by atoms with Crippen LogP contribution < -0.4 is 0 Å². The van der Waals surface area contributed by atoms with E-state index in [2.05, 4.69) is 0 Å². The van der Waals surface area contributed by atoms with Gasteiger partial charge in [0.2, 0.25) is 0 Å². The van der Waals surface area contributed by atoms with Crippen molar-refractivity contribution < 1.29 is 22.5 Å². The van der Waals surface area contributed by atoms with E-state index >= 15 is 0 Å². The van der Waals surface area contributed by atoms with Crippen LogP contribution in [-0.4, -0.2) is 31.1 Å². The molecule has 0 radical (unpaired) electrons. The smallest absolute Gasteiger partial charge is 0.449 e. The largest absolute Gasteiger partial charge is 0.481 e. The summed E-state index contributed by atoms with van der Waals surface area (Å²) in [6, 6.07) is 9.17. The number of hydrogen-bond donors (Lipinski definition) is 0. The first-order chi connectivity index (χ1) is 9.47. The van der Waals surface area contributed by atoms with Crippen LogP contribution in [0, 0.1) is 0 Å². The molecule has 1 heterocycles. The predicted molar refractivity (Wildman–Crippen MR) is 70.3 cm³/mol. The average Bonchev–Trinajstić information content (AvgIpc) is 2.45. The van der Waals surface area contributed by atoms with E-state index in [4.69, 9.17) is 4.74 Å². The molecule has 1 aliphatic rings. The molecule has 2 rings (SSSR count). The zero-order valence-electron chi connectivity index (χ0n) is 11.0. The lowest BCUT2D eigenvalue weighted by atomic mass is 9.67. The van der Waals surface area contributed by atoms with Crippen molar-refractivity contribution in [3.63, 3.8) is 0 Å². The average molecular weight is 286 g/mol. The number of carbonyl (C=O) groups excluding carboxylic acids is 1. The summed E-state index contributed by atoms with van der Waals surface area (Å²) < 4.78 is 42.8. The van der Waals surface area contributed by atoms with Crippen molar-refractivity contribution in [3.05, 3.63) is 35.9 Å². The van der Waals surface area contributed by atoms with E-state index in [1.807, 2.05) is 30.3 Å². The summed E-state index contributed by atoms with van der Waals surface area (Å²) in [5.41, 5.74) is 0.856. The number of likely N-dealkylation sites (tertiary alicyclic amines) is 1. The second-order valence-corrected chi connectivity index (χ2v) is 4.99. The first-order valence-corrected chi connectivity index (χ1v) is 6.62. The molecule has 0 spiro atoms. The molecule has 1 saturated heterocycles. The van der Waals surface area contributed by atoms with Crippen LogP contribution >= 0.6 is 0 Å². The van der Waals surface area contributed by atoms with E-state index in [0.29, 0.717) is 0 Å². The topological polar surface area (TPSA) is 29.5 Å². The summed E-state index contributed by atoms with van der Waals surface area (Å²) in [5.74, 6) is -1.24. The van der Waals surface area contributed by atoms with E-state index in [0.717, 1.165) is 5.56 Å². The third kappa shape index (κ3) is 3.92. The van der Waals surface area contributed by atoms with Crippen molar-refractivity contribution in [1.82, 2.24) is 4.90 Å². The van der Waals surface area contributed by atoms with Gasteiger partial charge in [0.15, 0.2) is 0 Å². The van der Waals surface area contributed by atoms with Crippen LogP contribution in [0.15, 0.2) is 30.3 Å². The normalized spacial score (nSPS) is 17.1. The van der Waals surface area contributed by atoms with Crippen molar-refractivity contribution in [3.8, 4) is 0 Å². The highest BCUT2D eigenvalue weighted by Crippen LogP contribution is 2.35. The van der Waals surface area contributed by atoms with Crippen molar-refractivity contribution in [1.29, 1.82) is 0 Å². The Morgan fingerprint density at radius 1 is 1.20 bits per heavy atom. The Morgan fingerprint density at radius 3 is 2.35 bits per heavy atom. The molecule has 1 aromatic carbocycles. The van der Waals surface area contributed by atoms with Gasteiger partial charge in [-0.25, -0.2) is 4.79 Å². The SMILES string of the molecule is O=C(OCc1ccccc1)N1CCC([B-](F)(F)F)CC1. The van der Waals surface area contributed by atoms with Gasteiger partial charge in [0.25, 0.3) is 0 Å². The Bertz CT molecular complexity index is 445. The van der Waals surface area contributed by atoms with Gasteiger partial charge >= 0.3 is 13.1 Å². The maximum atomic E-state index is 12.6. The van der Waals surface area contributed by atoms with Gasteiger partial charge in [-0.2, -0.15) is 0 Å². The fourth-order valence-electron chi connectivity index (χ4n) is 2.27. The third-order valence-electron chi connectivity index (χ3n) is 3.54. The molecule has 20 heavy (non-hydrogen) atoms. The molecule has 7 heteroatoms. The van der Waals surface area contributed by atoms with E-state index < -0.39 is 18.9 Å². The zero-order chi connectivity index (χ0) is 14.6. The summed E-state index contributed by atoms with van der Waals surface area (Å²) in [4.78, 5) is 13.1. The quantitative estimate of drug-likeness (QED) is 0.794. The number of ether oxygens (including phenoxy) is 1. The first-order valence-electron chi connectivity index (χ1n) is 6.62. The minimum atomic E-state index is -4.80. The number of carbonyl (C=O) groups is 1. The predicted octanol–water partition coefficient (Wildman–Crippen LogP) is 3.64. The second kappa shape index (κ2) is 6.20. The van der Waals surface area contributed by atoms with E-state index in [1.165, 1.54) is 4.90 Å². The van der Waals surface area contributed by atoms with Gasteiger partial charge in [-0.1, -0.05) is 49.0 Å². The van der Waals surface area contributed by atoms with Gasteiger partial charge in [-0.05, 0) is 5.56 Å². The molecule has 0 unspecified atom stereocenters. The van der Waals surface area contributed by atoms with Crippen LogP contribution in [0.2, 0.25) is 5.82 Å². The summed E-state index contributed by atoms with van der Waals surface area (Å²) >= 11 is 0. The van der Waals surface area contributed by atoms with Crippen molar-refractivity contribution in [2.45, 2.75) is 25.3 Å². The molecule has 0 bridgehead atoms. The molecular weight excluding hydrogens is 270 g/mol. The molecule has 0 N–H and O–H groups in total. The molecular formula is C13H16BF3NO2-. The molecule has 0 aliphatic carbocycles. The number of amides is 1. The van der Waals surface area contributed by atoms with Crippen LogP contribution in [0.25, 0.3) is 0 Å². The Labute approximate surface area is 115 Å². The van der Waals surface area contributed by atoms with Crippen LogP contribution in [-0.2, 0) is 11.3 Å². The van der Waals surface area contributed by atoms with E-state index in [1.54, 1.807) is 0 Å². The molecule has 0 aromatic heterocycles. The fourth-order valence-corrected chi connectivity index (χ4v) is 2.27. The Morgan fingerprint density at radius 2 is 1.80 bits per heavy atom. The molecule has 1 amide bonds. The maximum Gasteiger partial charge on any atom is 0.481 e. The molecule has 1 aromatic rings. The number of rotatable bonds is 3. The minimum Gasteiger partial charge on any atom is -0.449 e. The lowest BCUT2D eigenvalue weighted by molar-refractivity contribution is 0.0878. The number of hydrogen-bond acceptors (Lipinski definition) is 2. The van der Waals surface area contributed by atoms with E-state index in [-0.39, 0.29) is 32.5 Å². The third-order valence-corrected chi connectivity index (χ3v) is 3.54. The highest BCUT2D eigenvalue weighted by molar-refractivity contribution is 6.60. The lowest BCUT2D eigenvalue weighted by Gasteiger charge is -2.35. The minimum absolute atomic E-state index is 0.0239. The molecule has 3 nitrogen and oxygen atoms in total. The molecule has 1 aliphatic heterocycles. The number of nitrogens with zero attached hydrogens (tertiary/aromatic N) is 1. The first kappa shape index (κ1) is 14.7. The van der Waals surface area contributed by atoms with Crippen LogP contribution in [0.3, 0.4) is 0 Å². The van der Waals surface area contributed by atoms with Gasteiger partial charge in [0, 0.05) is 13.1 Å². The Balaban J connectivity index is 1.78. The van der Waals surface area contributed by atoms with E-state index in [9.17, 15) is 17.7 Å². The summed E-state index contributed by atoms with van der Waals surface area (Å²) in [7, 11) is 0.